The van der Waals surface area contributed by atoms with Crippen molar-refractivity contribution in [3.63, 3.8) is 0 Å². The molecule has 0 radical (unpaired) electrons. The van der Waals surface area contributed by atoms with Crippen LogP contribution in [0.3, 0.4) is 0 Å². The topological polar surface area (TPSA) is 47.0 Å². The zero-order valence-electron chi connectivity index (χ0n) is 12.2. The minimum atomic E-state index is 0.0424. The summed E-state index contributed by atoms with van der Waals surface area (Å²) in [7, 11) is 0. The van der Waals surface area contributed by atoms with Crippen molar-refractivity contribution in [2.24, 2.45) is 0 Å². The van der Waals surface area contributed by atoms with Crippen LogP contribution in [0.15, 0.2) is 34.8 Å². The molecule has 0 aliphatic heterocycles. The van der Waals surface area contributed by atoms with E-state index >= 15 is 0 Å². The Bertz CT molecular complexity index is 611. The lowest BCUT2D eigenvalue weighted by molar-refractivity contribution is 0.416. The van der Waals surface area contributed by atoms with E-state index in [9.17, 15) is 0 Å². The van der Waals surface area contributed by atoms with Crippen LogP contribution in [0, 0.1) is 0 Å². The molecule has 0 aliphatic carbocycles. The van der Waals surface area contributed by atoms with Gasteiger partial charge in [0.2, 0.25) is 5.88 Å². The van der Waals surface area contributed by atoms with Gasteiger partial charge in [-0.1, -0.05) is 27.5 Å². The van der Waals surface area contributed by atoms with Crippen molar-refractivity contribution >= 4 is 27.5 Å². The number of aromatic nitrogens is 2. The highest BCUT2D eigenvalue weighted by Gasteiger charge is 2.10. The second kappa shape index (κ2) is 6.73. The Balaban J connectivity index is 2.04. The van der Waals surface area contributed by atoms with Crippen molar-refractivity contribution in [3.05, 3.63) is 45.5 Å². The molecule has 0 bridgehead atoms. The van der Waals surface area contributed by atoms with Gasteiger partial charge in [0.15, 0.2) is 0 Å². The van der Waals surface area contributed by atoms with Gasteiger partial charge in [0, 0.05) is 22.6 Å². The Morgan fingerprint density at radius 1 is 1.19 bits per heavy atom. The Kier molecular flexibility index (Phi) is 5.19. The van der Waals surface area contributed by atoms with E-state index in [1.807, 2.05) is 12.1 Å². The summed E-state index contributed by atoms with van der Waals surface area (Å²) in [5.74, 6) is 0.954. The molecule has 0 saturated heterocycles. The molecular formula is C15H17BrClN3O. The first kappa shape index (κ1) is 16.2. The summed E-state index contributed by atoms with van der Waals surface area (Å²) in [4.78, 5) is 0. The maximum absolute atomic E-state index is 6.07. The van der Waals surface area contributed by atoms with Gasteiger partial charge in [-0.3, -0.25) is 0 Å². The number of hydrogen-bond acceptors (Lipinski definition) is 4. The molecule has 1 aromatic carbocycles. The number of nitrogens with zero attached hydrogens (tertiary/aromatic N) is 2. The molecule has 0 fully saturated rings. The molecule has 1 N–H and O–H groups in total. The molecule has 0 aliphatic rings. The third-order valence-corrected chi connectivity index (χ3v) is 3.41. The molecule has 1 aromatic heterocycles. The lowest BCUT2D eigenvalue weighted by Crippen LogP contribution is -2.35. The minimum Gasteiger partial charge on any atom is -0.436 e. The van der Waals surface area contributed by atoms with Crippen molar-refractivity contribution in [3.8, 4) is 11.6 Å². The van der Waals surface area contributed by atoms with Gasteiger partial charge in [-0.2, -0.15) is 5.10 Å². The van der Waals surface area contributed by atoms with Gasteiger partial charge in [-0.25, -0.2) is 0 Å². The molecule has 6 heteroatoms. The van der Waals surface area contributed by atoms with Crippen molar-refractivity contribution in [1.29, 1.82) is 0 Å². The van der Waals surface area contributed by atoms with E-state index in [0.717, 1.165) is 10.2 Å². The van der Waals surface area contributed by atoms with Crippen molar-refractivity contribution < 1.29 is 4.74 Å². The number of ether oxygens (including phenoxy) is 1. The van der Waals surface area contributed by atoms with Crippen LogP contribution in [0.1, 0.15) is 26.5 Å². The van der Waals surface area contributed by atoms with E-state index in [0.29, 0.717) is 23.2 Å². The number of benzene rings is 1. The SMILES string of the molecule is CC(C)(C)NCc1ccc(Oc2cc(Br)ccc2Cl)nn1. The number of nitrogens with one attached hydrogen (secondary N) is 1. The molecule has 4 nitrogen and oxygen atoms in total. The van der Waals surface area contributed by atoms with Gasteiger partial charge < -0.3 is 10.1 Å². The average Bonchev–Trinajstić information content (AvgIpc) is 2.41. The maximum atomic E-state index is 6.07. The van der Waals surface area contributed by atoms with Crippen LogP contribution in [-0.4, -0.2) is 15.7 Å². The monoisotopic (exact) mass is 369 g/mol. The van der Waals surface area contributed by atoms with Gasteiger partial charge >= 0.3 is 0 Å². The number of hydrogen-bond donors (Lipinski definition) is 1. The van der Waals surface area contributed by atoms with Crippen LogP contribution < -0.4 is 10.1 Å². The summed E-state index contributed by atoms with van der Waals surface area (Å²) in [6.45, 7) is 6.97. The summed E-state index contributed by atoms with van der Waals surface area (Å²) in [6, 6.07) is 9.06. The molecule has 2 rings (SSSR count). The molecule has 0 unspecified atom stereocenters. The normalized spacial score (nSPS) is 11.5. The maximum Gasteiger partial charge on any atom is 0.238 e. The van der Waals surface area contributed by atoms with Crippen LogP contribution in [-0.2, 0) is 6.54 Å². The van der Waals surface area contributed by atoms with Gasteiger partial charge in [0.25, 0.3) is 0 Å². The second-order valence-electron chi connectivity index (χ2n) is 5.64. The Hall–Kier alpha value is -1.17. The number of rotatable bonds is 4. The molecule has 21 heavy (non-hydrogen) atoms. The lowest BCUT2D eigenvalue weighted by Gasteiger charge is -2.19. The summed E-state index contributed by atoms with van der Waals surface area (Å²) in [5.41, 5.74) is 0.901. The van der Waals surface area contributed by atoms with Gasteiger partial charge in [-0.05, 0) is 45.0 Å². The molecule has 0 amide bonds. The molecule has 0 atom stereocenters. The van der Waals surface area contributed by atoms with Gasteiger partial charge in [-0.15, -0.1) is 5.10 Å². The first-order valence-corrected chi connectivity index (χ1v) is 7.71. The summed E-state index contributed by atoms with van der Waals surface area (Å²) >= 11 is 9.45. The highest BCUT2D eigenvalue weighted by atomic mass is 79.9. The van der Waals surface area contributed by atoms with E-state index in [4.69, 9.17) is 16.3 Å². The minimum absolute atomic E-state index is 0.0424. The molecule has 0 spiro atoms. The summed E-state index contributed by atoms with van der Waals surface area (Å²) < 4.78 is 6.52. The van der Waals surface area contributed by atoms with E-state index in [1.165, 1.54) is 0 Å². The quantitative estimate of drug-likeness (QED) is 0.856. The fraction of sp³-hybridized carbons (Fsp3) is 0.333. The van der Waals surface area contributed by atoms with E-state index < -0.39 is 0 Å². The third kappa shape index (κ3) is 5.26. The van der Waals surface area contributed by atoms with Crippen LogP contribution in [0.25, 0.3) is 0 Å². The van der Waals surface area contributed by atoms with Crippen LogP contribution in [0.5, 0.6) is 11.6 Å². The zero-order valence-corrected chi connectivity index (χ0v) is 14.5. The largest absolute Gasteiger partial charge is 0.436 e. The molecule has 2 aromatic rings. The smallest absolute Gasteiger partial charge is 0.238 e. The summed E-state index contributed by atoms with van der Waals surface area (Å²) in [5, 5.41) is 12.1. The highest BCUT2D eigenvalue weighted by Crippen LogP contribution is 2.30. The van der Waals surface area contributed by atoms with E-state index in [-0.39, 0.29) is 5.54 Å². The Morgan fingerprint density at radius 2 is 1.95 bits per heavy atom. The predicted molar refractivity (Wildman–Crippen MR) is 87.9 cm³/mol. The van der Waals surface area contributed by atoms with Gasteiger partial charge in [0.05, 0.1) is 10.7 Å². The highest BCUT2D eigenvalue weighted by molar-refractivity contribution is 9.10. The lowest BCUT2D eigenvalue weighted by atomic mass is 10.1. The van der Waals surface area contributed by atoms with Gasteiger partial charge in [0.1, 0.15) is 5.75 Å². The van der Waals surface area contributed by atoms with E-state index in [1.54, 1.807) is 18.2 Å². The van der Waals surface area contributed by atoms with Crippen molar-refractivity contribution in [2.45, 2.75) is 32.9 Å². The van der Waals surface area contributed by atoms with Crippen LogP contribution in [0.4, 0.5) is 0 Å². The van der Waals surface area contributed by atoms with Crippen molar-refractivity contribution in [1.82, 2.24) is 15.5 Å². The molecule has 1 heterocycles. The fourth-order valence-corrected chi connectivity index (χ4v) is 2.02. The fourth-order valence-electron chi connectivity index (χ4n) is 1.52. The predicted octanol–water partition coefficient (Wildman–Crippen LogP) is 4.57. The zero-order chi connectivity index (χ0) is 15.5. The third-order valence-electron chi connectivity index (χ3n) is 2.60. The van der Waals surface area contributed by atoms with Crippen molar-refractivity contribution in [2.75, 3.05) is 0 Å². The molecular weight excluding hydrogens is 354 g/mol. The standard InChI is InChI=1S/C15H17BrClN3O/c1-15(2,3)18-9-11-5-7-14(20-19-11)21-13-8-10(16)4-6-12(13)17/h4-8,18H,9H2,1-3H3. The van der Waals surface area contributed by atoms with Crippen LogP contribution >= 0.6 is 27.5 Å². The average molecular weight is 371 g/mol. The number of halogens is 2. The van der Waals surface area contributed by atoms with Crippen LogP contribution in [0.2, 0.25) is 5.02 Å². The molecule has 0 saturated carbocycles. The first-order valence-electron chi connectivity index (χ1n) is 6.54. The summed E-state index contributed by atoms with van der Waals surface area (Å²) in [6.07, 6.45) is 0. The molecule has 112 valence electrons. The first-order chi connectivity index (χ1) is 9.83. The Labute approximate surface area is 138 Å². The Morgan fingerprint density at radius 3 is 2.57 bits per heavy atom. The van der Waals surface area contributed by atoms with E-state index in [2.05, 4.69) is 52.2 Å². The second-order valence-corrected chi connectivity index (χ2v) is 6.97.